The minimum Gasteiger partial charge on any atom is -0.349 e. The average Bonchev–Trinajstić information content (AvgIpc) is 2.72. The minimum atomic E-state index is -4.39. The van der Waals surface area contributed by atoms with Gasteiger partial charge in [-0.3, -0.25) is 4.79 Å². The zero-order chi connectivity index (χ0) is 15.8. The van der Waals surface area contributed by atoms with Gasteiger partial charge in [-0.25, -0.2) is 17.2 Å². The number of carbonyl (C=O) groups is 1. The van der Waals surface area contributed by atoms with Crippen molar-refractivity contribution in [1.82, 2.24) is 5.32 Å². The maximum absolute atomic E-state index is 14.1. The van der Waals surface area contributed by atoms with Crippen molar-refractivity contribution in [2.45, 2.75) is 37.1 Å². The Morgan fingerprint density at radius 3 is 2.52 bits per heavy atom. The van der Waals surface area contributed by atoms with Crippen molar-refractivity contribution in [2.24, 2.45) is 5.92 Å². The molecule has 0 heterocycles. The van der Waals surface area contributed by atoms with Gasteiger partial charge in [-0.1, -0.05) is 6.92 Å². The summed E-state index contributed by atoms with van der Waals surface area (Å²) in [5.74, 6) is -3.13. The highest BCUT2D eigenvalue weighted by Gasteiger charge is 2.29. The highest BCUT2D eigenvalue weighted by molar-refractivity contribution is 8.13. The SMILES string of the molecule is CC1CCC(NC(=O)c2c(F)ccc(S(=O)(=O)Cl)c2F)C1. The van der Waals surface area contributed by atoms with Gasteiger partial charge in [0, 0.05) is 16.7 Å². The monoisotopic (exact) mass is 337 g/mol. The lowest BCUT2D eigenvalue weighted by Gasteiger charge is -2.14. The zero-order valence-corrected chi connectivity index (χ0v) is 12.8. The molecule has 4 nitrogen and oxygen atoms in total. The molecule has 8 heteroatoms. The van der Waals surface area contributed by atoms with E-state index in [1.54, 1.807) is 0 Å². The molecular weight excluding hydrogens is 324 g/mol. The van der Waals surface area contributed by atoms with Gasteiger partial charge in [0.1, 0.15) is 16.3 Å². The van der Waals surface area contributed by atoms with Gasteiger partial charge in [0.2, 0.25) is 0 Å². The molecule has 0 saturated heterocycles. The van der Waals surface area contributed by atoms with Gasteiger partial charge in [-0.05, 0) is 37.3 Å². The van der Waals surface area contributed by atoms with Crippen LogP contribution in [0.15, 0.2) is 17.0 Å². The molecule has 1 aliphatic carbocycles. The predicted molar refractivity (Wildman–Crippen MR) is 73.7 cm³/mol. The van der Waals surface area contributed by atoms with Crippen molar-refractivity contribution in [1.29, 1.82) is 0 Å². The zero-order valence-electron chi connectivity index (χ0n) is 11.2. The van der Waals surface area contributed by atoms with Crippen LogP contribution in [0.4, 0.5) is 8.78 Å². The van der Waals surface area contributed by atoms with Gasteiger partial charge in [0.15, 0.2) is 5.82 Å². The molecule has 116 valence electrons. The van der Waals surface area contributed by atoms with Gasteiger partial charge < -0.3 is 5.32 Å². The van der Waals surface area contributed by atoms with E-state index in [2.05, 4.69) is 5.32 Å². The molecule has 1 amide bonds. The summed E-state index contributed by atoms with van der Waals surface area (Å²) < 4.78 is 50.1. The van der Waals surface area contributed by atoms with Crippen LogP contribution in [0.2, 0.25) is 0 Å². The number of nitrogens with one attached hydrogen (secondary N) is 1. The van der Waals surface area contributed by atoms with E-state index >= 15 is 0 Å². The Balaban J connectivity index is 2.32. The summed E-state index contributed by atoms with van der Waals surface area (Å²) in [6.45, 7) is 2.02. The second-order valence-electron chi connectivity index (χ2n) is 5.26. The predicted octanol–water partition coefficient (Wildman–Crippen LogP) is 2.81. The van der Waals surface area contributed by atoms with E-state index in [0.29, 0.717) is 18.1 Å². The maximum Gasteiger partial charge on any atom is 0.264 e. The fourth-order valence-electron chi connectivity index (χ4n) is 2.53. The summed E-state index contributed by atoms with van der Waals surface area (Å²) in [6.07, 6.45) is 2.37. The number of halogens is 3. The highest BCUT2D eigenvalue weighted by Crippen LogP contribution is 2.27. The Morgan fingerprint density at radius 1 is 1.33 bits per heavy atom. The van der Waals surface area contributed by atoms with Crippen molar-refractivity contribution >= 4 is 25.6 Å². The van der Waals surface area contributed by atoms with E-state index in [4.69, 9.17) is 10.7 Å². The van der Waals surface area contributed by atoms with Crippen molar-refractivity contribution in [2.75, 3.05) is 0 Å². The molecule has 1 aromatic rings. The molecule has 0 radical (unpaired) electrons. The minimum absolute atomic E-state index is 0.164. The standard InChI is InChI=1S/C13H14ClF2NO3S/c1-7-2-3-8(6-7)17-13(18)11-9(15)4-5-10(12(11)16)21(14,19)20/h4-5,7-8H,2-3,6H2,1H3,(H,17,18). The fourth-order valence-corrected chi connectivity index (χ4v) is 3.43. The highest BCUT2D eigenvalue weighted by atomic mass is 35.7. The second-order valence-corrected chi connectivity index (χ2v) is 7.80. The largest absolute Gasteiger partial charge is 0.349 e. The lowest BCUT2D eigenvalue weighted by Crippen LogP contribution is -2.34. The molecule has 0 aliphatic heterocycles. The summed E-state index contributed by atoms with van der Waals surface area (Å²) >= 11 is 0. The number of carbonyl (C=O) groups excluding carboxylic acids is 1. The Labute approximate surface area is 125 Å². The van der Waals surface area contributed by atoms with Crippen LogP contribution >= 0.6 is 10.7 Å². The number of amides is 1. The normalized spacial score (nSPS) is 22.3. The first-order chi connectivity index (χ1) is 9.70. The van der Waals surface area contributed by atoms with Crippen LogP contribution in [0.25, 0.3) is 0 Å². The van der Waals surface area contributed by atoms with E-state index in [1.165, 1.54) is 0 Å². The average molecular weight is 338 g/mol. The molecule has 0 spiro atoms. The number of benzene rings is 1. The first-order valence-corrected chi connectivity index (χ1v) is 8.74. The topological polar surface area (TPSA) is 63.2 Å². The van der Waals surface area contributed by atoms with Crippen LogP contribution in [0.5, 0.6) is 0 Å². The Kier molecular flexibility index (Phi) is 4.53. The van der Waals surface area contributed by atoms with Gasteiger partial charge >= 0.3 is 0 Å². The Bertz CT molecular complexity index is 678. The van der Waals surface area contributed by atoms with Gasteiger partial charge in [0.25, 0.3) is 15.0 Å². The van der Waals surface area contributed by atoms with Crippen LogP contribution < -0.4 is 5.32 Å². The molecule has 2 rings (SSSR count). The summed E-state index contributed by atoms with van der Waals surface area (Å²) in [5.41, 5.74) is -0.920. The maximum atomic E-state index is 14.1. The first-order valence-electron chi connectivity index (χ1n) is 6.43. The third-order valence-corrected chi connectivity index (χ3v) is 4.91. The molecular formula is C13H14ClF2NO3S. The van der Waals surface area contributed by atoms with Crippen molar-refractivity contribution < 1.29 is 22.0 Å². The number of hydrogen-bond acceptors (Lipinski definition) is 3. The second kappa shape index (κ2) is 5.88. The van der Waals surface area contributed by atoms with Crippen molar-refractivity contribution in [3.05, 3.63) is 29.3 Å². The van der Waals surface area contributed by atoms with Gasteiger partial charge in [0.05, 0.1) is 0 Å². The van der Waals surface area contributed by atoms with E-state index in [-0.39, 0.29) is 6.04 Å². The molecule has 1 N–H and O–H groups in total. The van der Waals surface area contributed by atoms with Crippen LogP contribution in [0.1, 0.15) is 36.5 Å². The molecule has 2 unspecified atom stereocenters. The third kappa shape index (κ3) is 3.52. The molecule has 0 aromatic heterocycles. The third-order valence-electron chi connectivity index (χ3n) is 3.58. The van der Waals surface area contributed by atoms with Gasteiger partial charge in [-0.15, -0.1) is 0 Å². The van der Waals surface area contributed by atoms with Crippen LogP contribution in [0.3, 0.4) is 0 Å². The smallest absolute Gasteiger partial charge is 0.264 e. The number of rotatable bonds is 3. The number of hydrogen-bond donors (Lipinski definition) is 1. The first kappa shape index (κ1) is 16.2. The molecule has 2 atom stereocenters. The summed E-state index contributed by atoms with van der Waals surface area (Å²) in [5, 5.41) is 2.53. The van der Waals surface area contributed by atoms with E-state index in [9.17, 15) is 22.0 Å². The summed E-state index contributed by atoms with van der Waals surface area (Å²) in [6, 6.07) is 1.24. The van der Waals surface area contributed by atoms with E-state index in [0.717, 1.165) is 19.3 Å². The van der Waals surface area contributed by atoms with E-state index < -0.39 is 37.1 Å². The Morgan fingerprint density at radius 2 is 2.00 bits per heavy atom. The quantitative estimate of drug-likeness (QED) is 0.863. The molecule has 21 heavy (non-hydrogen) atoms. The van der Waals surface area contributed by atoms with Gasteiger partial charge in [-0.2, -0.15) is 0 Å². The van der Waals surface area contributed by atoms with Crippen LogP contribution in [0, 0.1) is 17.6 Å². The lowest BCUT2D eigenvalue weighted by atomic mass is 10.1. The molecule has 1 aromatic carbocycles. The molecule has 1 saturated carbocycles. The fraction of sp³-hybridized carbons (Fsp3) is 0.462. The summed E-state index contributed by atoms with van der Waals surface area (Å²) in [4.78, 5) is 11.1. The van der Waals surface area contributed by atoms with Crippen molar-refractivity contribution in [3.8, 4) is 0 Å². The lowest BCUT2D eigenvalue weighted by molar-refractivity contribution is 0.0928. The van der Waals surface area contributed by atoms with Crippen LogP contribution in [-0.2, 0) is 9.05 Å². The molecule has 1 fully saturated rings. The molecule has 1 aliphatic rings. The van der Waals surface area contributed by atoms with E-state index in [1.807, 2.05) is 6.92 Å². The molecule has 0 bridgehead atoms. The Hall–Kier alpha value is -1.21. The van der Waals surface area contributed by atoms with Crippen molar-refractivity contribution in [3.63, 3.8) is 0 Å². The van der Waals surface area contributed by atoms with Crippen LogP contribution in [-0.4, -0.2) is 20.4 Å². The summed E-state index contributed by atoms with van der Waals surface area (Å²) in [7, 11) is 0.669.